The highest BCUT2D eigenvalue weighted by molar-refractivity contribution is 7.90. The van der Waals surface area contributed by atoms with Gasteiger partial charge in [0.2, 0.25) is 0 Å². The van der Waals surface area contributed by atoms with Gasteiger partial charge in [0.25, 0.3) is 21.8 Å². The van der Waals surface area contributed by atoms with Crippen molar-refractivity contribution in [1.29, 1.82) is 0 Å². The zero-order valence-electron chi connectivity index (χ0n) is 15.3. The molecule has 0 saturated heterocycles. The first-order valence-corrected chi connectivity index (χ1v) is 9.86. The van der Waals surface area contributed by atoms with Crippen molar-refractivity contribution in [3.05, 3.63) is 72.1 Å². The molecule has 0 spiro atoms. The molecule has 3 rings (SSSR count). The maximum Gasteiger partial charge on any atom is 0.269 e. The Morgan fingerprint density at radius 2 is 1.63 bits per heavy atom. The Labute approximate surface area is 170 Å². The van der Waals surface area contributed by atoms with Crippen LogP contribution in [0.25, 0.3) is 23.2 Å². The Hall–Kier alpha value is -3.80. The van der Waals surface area contributed by atoms with Crippen molar-refractivity contribution >= 4 is 45.0 Å². The van der Waals surface area contributed by atoms with E-state index in [-0.39, 0.29) is 10.5 Å². The van der Waals surface area contributed by atoms with E-state index in [1.54, 1.807) is 18.2 Å². The number of aromatic nitrogens is 2. The smallest absolute Gasteiger partial charge is 0.269 e. The normalized spacial score (nSPS) is 11.9. The van der Waals surface area contributed by atoms with E-state index in [0.717, 1.165) is 16.1 Å². The zero-order chi connectivity index (χ0) is 21.7. The Bertz CT molecular complexity index is 1280. The molecule has 1 aromatic carbocycles. The Kier molecular flexibility index (Phi) is 6.06. The van der Waals surface area contributed by atoms with E-state index < -0.39 is 21.8 Å². The van der Waals surface area contributed by atoms with Crippen molar-refractivity contribution in [3.63, 3.8) is 0 Å². The number of fused-ring (bicyclic) bond motifs is 1. The minimum Gasteiger partial charge on any atom is -0.288 e. The molecule has 0 radical (unpaired) electrons. The molecule has 0 atom stereocenters. The summed E-state index contributed by atoms with van der Waals surface area (Å²) in [5.74, 6) is -1.45. The van der Waals surface area contributed by atoms with Crippen LogP contribution >= 0.6 is 0 Å². The lowest BCUT2D eigenvalue weighted by Gasteiger charge is -2.08. The summed E-state index contributed by atoms with van der Waals surface area (Å²) < 4.78 is 27.2. The summed E-state index contributed by atoms with van der Waals surface area (Å²) in [5.41, 5.74) is 4.09. The summed E-state index contributed by atoms with van der Waals surface area (Å²) in [6, 6.07) is 9.13. The van der Waals surface area contributed by atoms with E-state index in [2.05, 4.69) is 4.98 Å². The minimum absolute atomic E-state index is 0.0167. The van der Waals surface area contributed by atoms with Crippen LogP contribution in [0.1, 0.15) is 11.1 Å². The number of hydrogen-bond acceptors (Lipinski definition) is 7. The molecule has 2 heterocycles. The van der Waals surface area contributed by atoms with E-state index in [9.17, 15) is 18.0 Å². The minimum atomic E-state index is -3.98. The molecule has 3 aromatic rings. The molecular weight excluding hydrogens is 412 g/mol. The van der Waals surface area contributed by atoms with Gasteiger partial charge < -0.3 is 0 Å². The van der Waals surface area contributed by atoms with Gasteiger partial charge in [-0.2, -0.15) is 0 Å². The predicted molar refractivity (Wildman–Crippen MR) is 107 cm³/mol. The molecule has 154 valence electrons. The molecular formula is C19H16N4O6S. The first kappa shape index (κ1) is 20.9. The number of carbonyl (C=O) groups is 2. The summed E-state index contributed by atoms with van der Waals surface area (Å²) in [6.07, 6.45) is 7.70. The lowest BCUT2D eigenvalue weighted by molar-refractivity contribution is -0.124. The molecule has 0 aliphatic rings. The molecule has 0 aliphatic heterocycles. The Balaban J connectivity index is 1.97. The molecule has 2 aromatic heterocycles. The maximum absolute atomic E-state index is 13.1. The van der Waals surface area contributed by atoms with Crippen LogP contribution in [0.5, 0.6) is 0 Å². The van der Waals surface area contributed by atoms with Crippen LogP contribution in [0, 0.1) is 0 Å². The number of benzene rings is 1. The van der Waals surface area contributed by atoms with Gasteiger partial charge >= 0.3 is 0 Å². The van der Waals surface area contributed by atoms with Crippen LogP contribution in [0.2, 0.25) is 0 Å². The summed E-state index contributed by atoms with van der Waals surface area (Å²) in [5, 5.41) is 17.6. The molecule has 0 saturated carbocycles. The quantitative estimate of drug-likeness (QED) is 0.262. The van der Waals surface area contributed by atoms with Gasteiger partial charge in [0.15, 0.2) is 5.65 Å². The van der Waals surface area contributed by atoms with Gasteiger partial charge in [-0.15, -0.1) is 0 Å². The fourth-order valence-corrected chi connectivity index (χ4v) is 3.98. The third kappa shape index (κ3) is 4.43. The first-order valence-electron chi connectivity index (χ1n) is 8.42. The van der Waals surface area contributed by atoms with Crippen molar-refractivity contribution in [1.82, 2.24) is 19.9 Å². The number of carbonyl (C=O) groups excluding carboxylic acids is 2. The number of amides is 2. The fraction of sp³-hybridized carbons (Fsp3) is 0. The third-order valence-corrected chi connectivity index (χ3v) is 5.67. The van der Waals surface area contributed by atoms with Crippen molar-refractivity contribution in [2.45, 2.75) is 4.90 Å². The molecule has 0 aliphatic carbocycles. The van der Waals surface area contributed by atoms with Crippen LogP contribution in [0.4, 0.5) is 0 Å². The summed E-state index contributed by atoms with van der Waals surface area (Å²) in [6.45, 7) is 0. The van der Waals surface area contributed by atoms with Crippen LogP contribution in [-0.4, -0.2) is 39.6 Å². The highest BCUT2D eigenvalue weighted by Crippen LogP contribution is 2.23. The van der Waals surface area contributed by atoms with Crippen LogP contribution in [-0.2, 0) is 19.6 Å². The van der Waals surface area contributed by atoms with Gasteiger partial charge in [0, 0.05) is 29.9 Å². The molecule has 11 heteroatoms. The lowest BCUT2D eigenvalue weighted by Crippen LogP contribution is -2.15. The first-order chi connectivity index (χ1) is 14.3. The average molecular weight is 428 g/mol. The zero-order valence-corrected chi connectivity index (χ0v) is 16.1. The predicted octanol–water partition coefficient (Wildman–Crippen LogP) is 1.31. The molecule has 0 unspecified atom stereocenters. The van der Waals surface area contributed by atoms with Crippen molar-refractivity contribution in [2.24, 2.45) is 0 Å². The van der Waals surface area contributed by atoms with Crippen LogP contribution in [0.3, 0.4) is 0 Å². The van der Waals surface area contributed by atoms with E-state index in [4.69, 9.17) is 10.4 Å². The number of hydroxylamine groups is 2. The molecule has 0 fully saturated rings. The number of rotatable bonds is 6. The largest absolute Gasteiger partial charge is 0.288 e. The van der Waals surface area contributed by atoms with E-state index >= 15 is 0 Å². The van der Waals surface area contributed by atoms with Gasteiger partial charge in [0.05, 0.1) is 4.90 Å². The Morgan fingerprint density at radius 1 is 0.967 bits per heavy atom. The Morgan fingerprint density at radius 3 is 2.30 bits per heavy atom. The van der Waals surface area contributed by atoms with E-state index in [1.807, 2.05) is 0 Å². The number of hydrogen-bond donors (Lipinski definition) is 4. The average Bonchev–Trinajstić information content (AvgIpc) is 3.20. The standard InChI is InChI=1S/C19H16N4O6S/c24-17(21-26)6-4-13-2-1-3-16(11-13)30(28,29)23-9-8-15-10-14(12-20-19(15)23)5-7-18(25)22-27/h1-12,26-27H,(H,21,24)(H,22,25)/b6-4+,7-5+. The van der Waals surface area contributed by atoms with Crippen molar-refractivity contribution < 1.29 is 28.4 Å². The fourth-order valence-electron chi connectivity index (χ4n) is 2.61. The summed E-state index contributed by atoms with van der Waals surface area (Å²) in [7, 11) is -3.98. The SMILES string of the molecule is O=C(/C=C/c1cccc(S(=O)(=O)n2ccc3cc(/C=C/C(=O)NO)cnc32)c1)NO. The van der Waals surface area contributed by atoms with Gasteiger partial charge in [-0.25, -0.2) is 28.3 Å². The van der Waals surface area contributed by atoms with Crippen molar-refractivity contribution in [3.8, 4) is 0 Å². The van der Waals surface area contributed by atoms with Gasteiger partial charge in [0.1, 0.15) is 0 Å². The van der Waals surface area contributed by atoms with Gasteiger partial charge in [-0.3, -0.25) is 20.0 Å². The van der Waals surface area contributed by atoms with Gasteiger partial charge in [-0.1, -0.05) is 12.1 Å². The van der Waals surface area contributed by atoms with Gasteiger partial charge in [-0.05, 0) is 47.5 Å². The molecule has 0 bridgehead atoms. The van der Waals surface area contributed by atoms with Crippen molar-refractivity contribution in [2.75, 3.05) is 0 Å². The second kappa shape index (κ2) is 8.69. The monoisotopic (exact) mass is 428 g/mol. The maximum atomic E-state index is 13.1. The highest BCUT2D eigenvalue weighted by Gasteiger charge is 2.20. The molecule has 2 amide bonds. The van der Waals surface area contributed by atoms with E-state index in [1.165, 1.54) is 53.7 Å². The van der Waals surface area contributed by atoms with E-state index in [0.29, 0.717) is 16.5 Å². The second-order valence-electron chi connectivity index (χ2n) is 5.99. The number of pyridine rings is 1. The van der Waals surface area contributed by atoms with Crippen LogP contribution < -0.4 is 11.0 Å². The summed E-state index contributed by atoms with van der Waals surface area (Å²) in [4.78, 5) is 26.3. The molecule has 30 heavy (non-hydrogen) atoms. The lowest BCUT2D eigenvalue weighted by atomic mass is 10.2. The highest BCUT2D eigenvalue weighted by atomic mass is 32.2. The summed E-state index contributed by atoms with van der Waals surface area (Å²) >= 11 is 0. The number of nitrogens with one attached hydrogen (secondary N) is 2. The second-order valence-corrected chi connectivity index (χ2v) is 7.80. The van der Waals surface area contributed by atoms with Crippen LogP contribution in [0.15, 0.2) is 65.8 Å². The number of nitrogens with zero attached hydrogens (tertiary/aromatic N) is 2. The molecule has 10 nitrogen and oxygen atoms in total. The molecule has 4 N–H and O–H groups in total. The topological polar surface area (TPSA) is 151 Å². The third-order valence-electron chi connectivity index (χ3n) is 4.00.